The molecule has 0 spiro atoms. The highest BCUT2D eigenvalue weighted by Crippen LogP contribution is 2.22. The van der Waals surface area contributed by atoms with E-state index in [2.05, 4.69) is 15.4 Å². The normalized spacial score (nSPS) is 10.6. The maximum Gasteiger partial charge on any atom is 0.224 e. The summed E-state index contributed by atoms with van der Waals surface area (Å²) in [7, 11) is 0. The summed E-state index contributed by atoms with van der Waals surface area (Å²) in [6.45, 7) is 3.03. The van der Waals surface area contributed by atoms with Gasteiger partial charge in [0.15, 0.2) is 0 Å². The molecule has 27 heavy (non-hydrogen) atoms. The molecule has 0 fully saturated rings. The van der Waals surface area contributed by atoms with Crippen LogP contribution in [0.5, 0.6) is 5.75 Å². The van der Waals surface area contributed by atoms with Crippen molar-refractivity contribution in [2.24, 2.45) is 0 Å². The van der Waals surface area contributed by atoms with Crippen LogP contribution in [0.4, 0.5) is 5.69 Å². The minimum absolute atomic E-state index is 0.0377. The molecule has 0 aliphatic carbocycles. The summed E-state index contributed by atoms with van der Waals surface area (Å²) in [5, 5.41) is 7.69. The number of halogens is 1. The maximum absolute atomic E-state index is 12.2. The molecule has 2 aromatic carbocycles. The van der Waals surface area contributed by atoms with Gasteiger partial charge in [-0.25, -0.2) is 9.67 Å². The second-order valence-electron chi connectivity index (χ2n) is 6.20. The number of carbonyl (C=O) groups is 1. The van der Waals surface area contributed by atoms with Gasteiger partial charge in [-0.15, -0.1) is 0 Å². The van der Waals surface area contributed by atoms with Crippen LogP contribution in [-0.4, -0.2) is 27.3 Å². The summed E-state index contributed by atoms with van der Waals surface area (Å²) in [5.41, 5.74) is 2.79. The van der Waals surface area contributed by atoms with Gasteiger partial charge in [-0.3, -0.25) is 4.79 Å². The molecule has 0 bridgehead atoms. The van der Waals surface area contributed by atoms with Gasteiger partial charge in [0.1, 0.15) is 18.4 Å². The molecular weight excluding hydrogens is 364 g/mol. The van der Waals surface area contributed by atoms with Gasteiger partial charge < -0.3 is 10.1 Å². The van der Waals surface area contributed by atoms with E-state index >= 15 is 0 Å². The number of nitrogens with one attached hydrogen (secondary N) is 1. The number of carbonyl (C=O) groups excluding carboxylic acids is 1. The van der Waals surface area contributed by atoms with Crippen LogP contribution in [-0.2, 0) is 11.3 Å². The van der Waals surface area contributed by atoms with Gasteiger partial charge in [-0.2, -0.15) is 5.10 Å². The van der Waals surface area contributed by atoms with Crippen molar-refractivity contribution >= 4 is 23.2 Å². The molecule has 3 rings (SSSR count). The highest BCUT2D eigenvalue weighted by molar-refractivity contribution is 6.30. The van der Waals surface area contributed by atoms with Gasteiger partial charge in [-0.05, 0) is 54.8 Å². The van der Waals surface area contributed by atoms with E-state index in [0.29, 0.717) is 31.0 Å². The number of aryl methyl sites for hydroxylation is 1. The van der Waals surface area contributed by atoms with E-state index in [0.717, 1.165) is 22.6 Å². The SMILES string of the molecule is Cc1cc(Cl)ccc1OCCCC(=O)Nc1cccc(Cn2cncn2)c1. The molecule has 0 aliphatic rings. The summed E-state index contributed by atoms with van der Waals surface area (Å²) >= 11 is 5.93. The minimum Gasteiger partial charge on any atom is -0.493 e. The number of benzene rings is 2. The number of rotatable bonds is 8. The Labute approximate surface area is 163 Å². The first-order chi connectivity index (χ1) is 13.1. The molecule has 3 aromatic rings. The molecule has 0 unspecified atom stereocenters. The van der Waals surface area contributed by atoms with Crippen molar-refractivity contribution < 1.29 is 9.53 Å². The predicted octanol–water partition coefficient (Wildman–Crippen LogP) is 4.09. The van der Waals surface area contributed by atoms with Crippen molar-refractivity contribution in [3.05, 3.63) is 71.3 Å². The van der Waals surface area contributed by atoms with E-state index in [-0.39, 0.29) is 5.91 Å². The standard InChI is InChI=1S/C20H21ClN4O2/c1-15-10-17(21)7-8-19(15)27-9-3-6-20(26)24-18-5-2-4-16(11-18)12-25-14-22-13-23-25/h2,4-5,7-8,10-11,13-14H,3,6,9,12H2,1H3,(H,24,26). The molecule has 0 saturated heterocycles. The lowest BCUT2D eigenvalue weighted by Crippen LogP contribution is -2.13. The largest absolute Gasteiger partial charge is 0.493 e. The second-order valence-corrected chi connectivity index (χ2v) is 6.64. The van der Waals surface area contributed by atoms with Crippen LogP contribution < -0.4 is 10.1 Å². The fourth-order valence-corrected chi connectivity index (χ4v) is 2.89. The van der Waals surface area contributed by atoms with Crippen LogP contribution in [0.25, 0.3) is 0 Å². The lowest BCUT2D eigenvalue weighted by Gasteiger charge is -2.10. The van der Waals surface area contributed by atoms with Crippen molar-refractivity contribution in [3.63, 3.8) is 0 Å². The number of hydrogen-bond acceptors (Lipinski definition) is 4. The van der Waals surface area contributed by atoms with Gasteiger partial charge in [0.05, 0.1) is 13.2 Å². The molecule has 6 nitrogen and oxygen atoms in total. The summed E-state index contributed by atoms with van der Waals surface area (Å²) in [4.78, 5) is 16.1. The van der Waals surface area contributed by atoms with Crippen molar-refractivity contribution in [2.75, 3.05) is 11.9 Å². The Morgan fingerprint density at radius 1 is 1.26 bits per heavy atom. The van der Waals surface area contributed by atoms with Gasteiger partial charge in [-0.1, -0.05) is 23.7 Å². The zero-order valence-electron chi connectivity index (χ0n) is 15.1. The second kappa shape index (κ2) is 9.19. The predicted molar refractivity (Wildman–Crippen MR) is 105 cm³/mol. The lowest BCUT2D eigenvalue weighted by molar-refractivity contribution is -0.116. The average molecular weight is 385 g/mol. The Morgan fingerprint density at radius 2 is 2.15 bits per heavy atom. The van der Waals surface area contributed by atoms with Gasteiger partial charge >= 0.3 is 0 Å². The first kappa shape index (κ1) is 18.9. The summed E-state index contributed by atoms with van der Waals surface area (Å²) in [6.07, 6.45) is 4.18. The maximum atomic E-state index is 12.2. The van der Waals surface area contributed by atoms with Gasteiger partial charge in [0.2, 0.25) is 5.91 Å². The van der Waals surface area contributed by atoms with Crippen molar-refractivity contribution in [3.8, 4) is 5.75 Å². The molecule has 7 heteroatoms. The molecule has 1 N–H and O–H groups in total. The molecular formula is C20H21ClN4O2. The third-order valence-corrected chi connectivity index (χ3v) is 4.20. The highest BCUT2D eigenvalue weighted by atomic mass is 35.5. The number of ether oxygens (including phenoxy) is 1. The molecule has 0 radical (unpaired) electrons. The van der Waals surface area contributed by atoms with E-state index in [1.54, 1.807) is 17.1 Å². The summed E-state index contributed by atoms with van der Waals surface area (Å²) in [6, 6.07) is 13.2. The van der Waals surface area contributed by atoms with E-state index in [9.17, 15) is 4.79 Å². The topological polar surface area (TPSA) is 69.0 Å². The van der Waals surface area contributed by atoms with E-state index < -0.39 is 0 Å². The Kier molecular flexibility index (Phi) is 6.44. The van der Waals surface area contributed by atoms with Crippen LogP contribution in [0, 0.1) is 6.92 Å². The Bertz CT molecular complexity index is 897. The van der Waals surface area contributed by atoms with Crippen LogP contribution in [0.15, 0.2) is 55.1 Å². The third kappa shape index (κ3) is 5.82. The van der Waals surface area contributed by atoms with E-state index in [1.165, 1.54) is 6.33 Å². The van der Waals surface area contributed by atoms with Crippen LogP contribution in [0.1, 0.15) is 24.0 Å². The fraction of sp³-hybridized carbons (Fsp3) is 0.250. The quantitative estimate of drug-likeness (QED) is 0.594. The summed E-state index contributed by atoms with van der Waals surface area (Å²) < 4.78 is 7.45. The number of nitrogens with zero attached hydrogens (tertiary/aromatic N) is 3. The highest BCUT2D eigenvalue weighted by Gasteiger charge is 2.05. The third-order valence-electron chi connectivity index (χ3n) is 3.96. The van der Waals surface area contributed by atoms with Crippen LogP contribution >= 0.6 is 11.6 Å². The molecule has 1 heterocycles. The van der Waals surface area contributed by atoms with E-state index in [1.807, 2.05) is 43.3 Å². The molecule has 1 aromatic heterocycles. The Hall–Kier alpha value is -2.86. The molecule has 1 amide bonds. The average Bonchev–Trinajstić information content (AvgIpc) is 3.13. The molecule has 0 aliphatic heterocycles. The van der Waals surface area contributed by atoms with Crippen LogP contribution in [0.2, 0.25) is 5.02 Å². The number of amides is 1. The Morgan fingerprint density at radius 3 is 2.93 bits per heavy atom. The van der Waals surface area contributed by atoms with E-state index in [4.69, 9.17) is 16.3 Å². The summed E-state index contributed by atoms with van der Waals surface area (Å²) in [5.74, 6) is 0.755. The number of aromatic nitrogens is 3. The number of anilines is 1. The first-order valence-corrected chi connectivity index (χ1v) is 9.08. The molecule has 140 valence electrons. The zero-order chi connectivity index (χ0) is 19.1. The van der Waals surface area contributed by atoms with Crippen molar-refractivity contribution in [2.45, 2.75) is 26.3 Å². The molecule has 0 saturated carbocycles. The fourth-order valence-electron chi connectivity index (χ4n) is 2.66. The van der Waals surface area contributed by atoms with Gasteiger partial charge in [0, 0.05) is 17.1 Å². The minimum atomic E-state index is -0.0377. The smallest absolute Gasteiger partial charge is 0.224 e. The van der Waals surface area contributed by atoms with Crippen LogP contribution in [0.3, 0.4) is 0 Å². The monoisotopic (exact) mass is 384 g/mol. The van der Waals surface area contributed by atoms with Crippen molar-refractivity contribution in [1.82, 2.24) is 14.8 Å². The zero-order valence-corrected chi connectivity index (χ0v) is 15.8. The van der Waals surface area contributed by atoms with Crippen molar-refractivity contribution in [1.29, 1.82) is 0 Å². The Balaban J connectivity index is 1.44. The first-order valence-electron chi connectivity index (χ1n) is 8.70. The van der Waals surface area contributed by atoms with Gasteiger partial charge in [0.25, 0.3) is 0 Å². The molecule has 0 atom stereocenters. The number of hydrogen-bond donors (Lipinski definition) is 1. The lowest BCUT2D eigenvalue weighted by atomic mass is 10.2.